The number of benzene rings is 3. The maximum Gasteiger partial charge on any atom is 0.257 e. The highest BCUT2D eigenvalue weighted by Gasteiger charge is 2.29. The van der Waals surface area contributed by atoms with Gasteiger partial charge in [-0.1, -0.05) is 48.0 Å². The Labute approximate surface area is 238 Å². The SMILES string of the molecule is CN1CCN(C(=O)[C@@H](COCc2ccc3ccccc3c2)NC(=O)c2cccnc2Oc2ccc(Cl)cc2)CC1. The lowest BCUT2D eigenvalue weighted by atomic mass is 10.1. The molecule has 0 unspecified atom stereocenters. The van der Waals surface area contributed by atoms with E-state index in [1.807, 2.05) is 31.3 Å². The fourth-order valence-electron chi connectivity index (χ4n) is 4.54. The summed E-state index contributed by atoms with van der Waals surface area (Å²) in [6, 6.07) is 23.4. The lowest BCUT2D eigenvalue weighted by molar-refractivity contribution is -0.136. The van der Waals surface area contributed by atoms with Gasteiger partial charge in [-0.05, 0) is 65.8 Å². The number of rotatable bonds is 9. The molecule has 1 fully saturated rings. The van der Waals surface area contributed by atoms with E-state index in [0.717, 1.165) is 29.4 Å². The second-order valence-electron chi connectivity index (χ2n) is 9.76. The molecule has 206 valence electrons. The van der Waals surface area contributed by atoms with Crippen LogP contribution >= 0.6 is 11.6 Å². The van der Waals surface area contributed by atoms with Crippen molar-refractivity contribution >= 4 is 34.2 Å². The van der Waals surface area contributed by atoms with E-state index in [-0.39, 0.29) is 24.0 Å². The molecule has 5 rings (SSSR count). The molecule has 1 N–H and O–H groups in total. The minimum absolute atomic E-state index is 0.0252. The number of likely N-dealkylation sites (N-methyl/N-ethyl adjacent to an activating group) is 1. The summed E-state index contributed by atoms with van der Waals surface area (Å²) >= 11 is 5.98. The Hall–Kier alpha value is -3.98. The average Bonchev–Trinajstić information content (AvgIpc) is 2.98. The number of hydrogen-bond acceptors (Lipinski definition) is 6. The minimum Gasteiger partial charge on any atom is -0.438 e. The van der Waals surface area contributed by atoms with Crippen molar-refractivity contribution in [2.45, 2.75) is 12.6 Å². The normalized spacial score (nSPS) is 14.6. The second-order valence-corrected chi connectivity index (χ2v) is 10.2. The molecule has 1 saturated heterocycles. The zero-order chi connectivity index (χ0) is 27.9. The molecule has 2 amide bonds. The van der Waals surface area contributed by atoms with Crippen LogP contribution in [0.2, 0.25) is 5.02 Å². The van der Waals surface area contributed by atoms with Gasteiger partial charge < -0.3 is 24.6 Å². The largest absolute Gasteiger partial charge is 0.438 e. The number of piperazine rings is 1. The van der Waals surface area contributed by atoms with Crippen LogP contribution in [0.15, 0.2) is 85.1 Å². The van der Waals surface area contributed by atoms with Crippen LogP contribution in [0.3, 0.4) is 0 Å². The second kappa shape index (κ2) is 12.9. The van der Waals surface area contributed by atoms with Crippen LogP contribution in [0.25, 0.3) is 10.8 Å². The van der Waals surface area contributed by atoms with Crippen molar-refractivity contribution in [1.82, 2.24) is 20.1 Å². The van der Waals surface area contributed by atoms with Crippen molar-refractivity contribution in [2.24, 2.45) is 0 Å². The van der Waals surface area contributed by atoms with Crippen LogP contribution < -0.4 is 10.1 Å². The Balaban J connectivity index is 1.30. The van der Waals surface area contributed by atoms with Gasteiger partial charge in [0.25, 0.3) is 5.91 Å². The highest BCUT2D eigenvalue weighted by atomic mass is 35.5. The molecule has 1 aromatic heterocycles. The van der Waals surface area contributed by atoms with Gasteiger partial charge >= 0.3 is 0 Å². The number of nitrogens with zero attached hydrogens (tertiary/aromatic N) is 3. The molecule has 0 bridgehead atoms. The summed E-state index contributed by atoms with van der Waals surface area (Å²) < 4.78 is 11.9. The number of carbonyl (C=O) groups excluding carboxylic acids is 2. The highest BCUT2D eigenvalue weighted by Crippen LogP contribution is 2.24. The molecule has 0 aliphatic carbocycles. The average molecular weight is 559 g/mol. The lowest BCUT2D eigenvalue weighted by Crippen LogP contribution is -2.55. The maximum atomic E-state index is 13.6. The van der Waals surface area contributed by atoms with E-state index in [0.29, 0.717) is 30.5 Å². The van der Waals surface area contributed by atoms with Crippen molar-refractivity contribution in [1.29, 1.82) is 0 Å². The summed E-state index contributed by atoms with van der Waals surface area (Å²) in [4.78, 5) is 35.2. The molecule has 9 heteroatoms. The topological polar surface area (TPSA) is 84.0 Å². The standard InChI is InChI=1S/C31H31ClN4O4/c1-35-15-17-36(18-16-35)31(38)28(21-39-20-22-8-9-23-5-2-3-6-24(23)19-22)34-29(37)27-7-4-14-33-30(27)40-26-12-10-25(32)11-13-26/h2-14,19,28H,15-18,20-21H2,1H3,(H,34,37)/t28-/m1/s1. The van der Waals surface area contributed by atoms with Gasteiger partial charge in [-0.15, -0.1) is 0 Å². The molecule has 0 radical (unpaired) electrons. The van der Waals surface area contributed by atoms with Gasteiger partial charge in [0.2, 0.25) is 11.8 Å². The van der Waals surface area contributed by atoms with Crippen LogP contribution in [-0.2, 0) is 16.1 Å². The fourth-order valence-corrected chi connectivity index (χ4v) is 4.67. The summed E-state index contributed by atoms with van der Waals surface area (Å²) in [5, 5.41) is 5.72. The van der Waals surface area contributed by atoms with Crippen LogP contribution in [0, 0.1) is 0 Å². The third kappa shape index (κ3) is 6.96. The van der Waals surface area contributed by atoms with Crippen molar-refractivity contribution in [3.8, 4) is 11.6 Å². The van der Waals surface area contributed by atoms with Gasteiger partial charge in [0, 0.05) is 37.4 Å². The van der Waals surface area contributed by atoms with Gasteiger partial charge in [-0.2, -0.15) is 0 Å². The third-order valence-electron chi connectivity index (χ3n) is 6.83. The Bertz CT molecular complexity index is 1470. The number of halogens is 1. The number of pyridine rings is 1. The summed E-state index contributed by atoms with van der Waals surface area (Å²) in [6.07, 6.45) is 1.54. The molecule has 40 heavy (non-hydrogen) atoms. The minimum atomic E-state index is -0.875. The number of amides is 2. The molecule has 1 aliphatic heterocycles. The van der Waals surface area contributed by atoms with Crippen LogP contribution in [0.1, 0.15) is 15.9 Å². The Morgan fingerprint density at radius 2 is 1.70 bits per heavy atom. The molecule has 1 atom stereocenters. The predicted octanol–water partition coefficient (Wildman–Crippen LogP) is 4.77. The Kier molecular flexibility index (Phi) is 8.91. The summed E-state index contributed by atoms with van der Waals surface area (Å²) in [6.45, 7) is 3.05. The van der Waals surface area contributed by atoms with Gasteiger partial charge in [0.1, 0.15) is 17.4 Å². The summed E-state index contributed by atoms with van der Waals surface area (Å²) in [5.74, 6) is -0.0333. The van der Waals surface area contributed by atoms with E-state index in [2.05, 4.69) is 33.4 Å². The number of aromatic nitrogens is 1. The molecule has 2 heterocycles. The van der Waals surface area contributed by atoms with E-state index in [4.69, 9.17) is 21.1 Å². The van der Waals surface area contributed by atoms with E-state index < -0.39 is 11.9 Å². The molecule has 1 aliphatic rings. The highest BCUT2D eigenvalue weighted by molar-refractivity contribution is 6.30. The summed E-state index contributed by atoms with van der Waals surface area (Å²) in [5.41, 5.74) is 1.20. The first-order valence-corrected chi connectivity index (χ1v) is 13.6. The zero-order valence-corrected chi connectivity index (χ0v) is 23.0. The number of hydrogen-bond donors (Lipinski definition) is 1. The first-order chi connectivity index (χ1) is 19.5. The molecular formula is C31H31ClN4O4. The van der Waals surface area contributed by atoms with E-state index in [1.54, 1.807) is 47.5 Å². The molecule has 3 aromatic carbocycles. The number of ether oxygens (including phenoxy) is 2. The quantitative estimate of drug-likeness (QED) is 0.319. The van der Waals surface area contributed by atoms with Crippen LogP contribution in [0.5, 0.6) is 11.6 Å². The van der Waals surface area contributed by atoms with E-state index in [1.165, 1.54) is 0 Å². The lowest BCUT2D eigenvalue weighted by Gasteiger charge is -2.34. The molecule has 8 nitrogen and oxygen atoms in total. The smallest absolute Gasteiger partial charge is 0.257 e. The molecule has 4 aromatic rings. The zero-order valence-electron chi connectivity index (χ0n) is 22.3. The van der Waals surface area contributed by atoms with Crippen LogP contribution in [0.4, 0.5) is 0 Å². The molecule has 0 saturated carbocycles. The monoisotopic (exact) mass is 558 g/mol. The first-order valence-electron chi connectivity index (χ1n) is 13.2. The van der Waals surface area contributed by atoms with E-state index in [9.17, 15) is 9.59 Å². The number of nitrogens with one attached hydrogen (secondary N) is 1. The van der Waals surface area contributed by atoms with Crippen LogP contribution in [-0.4, -0.2) is 72.5 Å². The van der Waals surface area contributed by atoms with Gasteiger partial charge in [0.05, 0.1) is 13.2 Å². The molecular weight excluding hydrogens is 528 g/mol. The van der Waals surface area contributed by atoms with Gasteiger partial charge in [0.15, 0.2) is 0 Å². The summed E-state index contributed by atoms with van der Waals surface area (Å²) in [7, 11) is 2.03. The predicted molar refractivity (Wildman–Crippen MR) is 155 cm³/mol. The maximum absolute atomic E-state index is 13.6. The van der Waals surface area contributed by atoms with E-state index >= 15 is 0 Å². The number of carbonyl (C=O) groups is 2. The van der Waals surface area contributed by atoms with Crippen molar-refractivity contribution < 1.29 is 19.1 Å². The van der Waals surface area contributed by atoms with Gasteiger partial charge in [-0.3, -0.25) is 9.59 Å². The van der Waals surface area contributed by atoms with Crippen molar-refractivity contribution in [3.05, 3.63) is 101 Å². The van der Waals surface area contributed by atoms with Gasteiger partial charge in [-0.25, -0.2) is 4.98 Å². The van der Waals surface area contributed by atoms with Crippen molar-refractivity contribution in [3.63, 3.8) is 0 Å². The Morgan fingerprint density at radius 3 is 2.48 bits per heavy atom. The molecule has 0 spiro atoms. The Morgan fingerprint density at radius 1 is 0.950 bits per heavy atom. The fraction of sp³-hybridized carbons (Fsp3) is 0.258. The third-order valence-corrected chi connectivity index (χ3v) is 7.08. The first kappa shape index (κ1) is 27.6. The van der Waals surface area contributed by atoms with Crippen molar-refractivity contribution in [2.75, 3.05) is 39.8 Å². The number of fused-ring (bicyclic) bond motifs is 1.